The molecule has 1 fully saturated rings. The summed E-state index contributed by atoms with van der Waals surface area (Å²) in [6, 6.07) is 2.03. The number of likely N-dealkylation sites (tertiary alicyclic amines) is 1. The lowest BCUT2D eigenvalue weighted by Gasteiger charge is -2.15. The van der Waals surface area contributed by atoms with Crippen molar-refractivity contribution in [3.8, 4) is 11.5 Å². The Kier molecular flexibility index (Phi) is 3.72. The number of amides is 1. The second-order valence-corrected chi connectivity index (χ2v) is 7.20. The molecule has 0 aliphatic carbocycles. The first-order chi connectivity index (χ1) is 11.6. The molecule has 0 radical (unpaired) electrons. The van der Waals surface area contributed by atoms with Gasteiger partial charge in [0.15, 0.2) is 5.76 Å². The second-order valence-electron chi connectivity index (χ2n) is 6.14. The lowest BCUT2D eigenvalue weighted by Crippen LogP contribution is -2.28. The standard InChI is InChI=1S/C17H18N4O2S/c1-11-6-18-21(7-11)14-3-4-20(8-14)17(22)13-5-16(23-9-13)15-10-24-12(2)19-15/h5-7,9-10,14H,3-4,8H2,1-2H3. The molecule has 24 heavy (non-hydrogen) atoms. The molecule has 4 heterocycles. The van der Waals surface area contributed by atoms with E-state index in [4.69, 9.17) is 4.42 Å². The van der Waals surface area contributed by atoms with Crippen LogP contribution in [0.4, 0.5) is 0 Å². The molecule has 0 spiro atoms. The first-order valence-corrected chi connectivity index (χ1v) is 8.79. The number of aromatic nitrogens is 3. The second kappa shape index (κ2) is 5.90. The zero-order valence-electron chi connectivity index (χ0n) is 13.6. The van der Waals surface area contributed by atoms with Crippen LogP contribution in [0.2, 0.25) is 0 Å². The first kappa shape index (κ1) is 15.1. The van der Waals surface area contributed by atoms with Gasteiger partial charge in [0, 0.05) is 24.7 Å². The molecule has 3 aromatic heterocycles. The average Bonchev–Trinajstić information content (AvgIpc) is 3.33. The van der Waals surface area contributed by atoms with Gasteiger partial charge in [0.25, 0.3) is 5.91 Å². The Bertz CT molecular complexity index is 879. The van der Waals surface area contributed by atoms with Crippen molar-refractivity contribution >= 4 is 17.2 Å². The SMILES string of the molecule is Cc1cnn(C2CCN(C(=O)c3coc(-c4csc(C)n4)c3)C2)c1. The van der Waals surface area contributed by atoms with Crippen LogP contribution in [-0.4, -0.2) is 38.7 Å². The van der Waals surface area contributed by atoms with Gasteiger partial charge in [-0.3, -0.25) is 9.48 Å². The molecule has 4 rings (SSSR count). The quantitative estimate of drug-likeness (QED) is 0.732. The minimum absolute atomic E-state index is 0.00308. The van der Waals surface area contributed by atoms with Crippen LogP contribution in [0.1, 0.15) is 33.4 Å². The van der Waals surface area contributed by atoms with E-state index in [-0.39, 0.29) is 11.9 Å². The summed E-state index contributed by atoms with van der Waals surface area (Å²) in [4.78, 5) is 19.0. The molecular weight excluding hydrogens is 324 g/mol. The molecule has 1 aliphatic rings. The molecule has 1 amide bonds. The summed E-state index contributed by atoms with van der Waals surface area (Å²) in [6.07, 6.45) is 6.32. The number of carbonyl (C=O) groups excluding carboxylic acids is 1. The fourth-order valence-corrected chi connectivity index (χ4v) is 3.62. The first-order valence-electron chi connectivity index (χ1n) is 7.91. The average molecular weight is 342 g/mol. The molecule has 1 saturated heterocycles. The summed E-state index contributed by atoms with van der Waals surface area (Å²) in [5.74, 6) is 0.643. The smallest absolute Gasteiger partial charge is 0.257 e. The molecule has 3 aromatic rings. The van der Waals surface area contributed by atoms with Crippen molar-refractivity contribution < 1.29 is 9.21 Å². The van der Waals surface area contributed by atoms with Gasteiger partial charge in [-0.1, -0.05) is 0 Å². The molecule has 0 N–H and O–H groups in total. The largest absolute Gasteiger partial charge is 0.462 e. The van der Waals surface area contributed by atoms with Crippen LogP contribution >= 0.6 is 11.3 Å². The van der Waals surface area contributed by atoms with Crippen LogP contribution in [-0.2, 0) is 0 Å². The van der Waals surface area contributed by atoms with Gasteiger partial charge >= 0.3 is 0 Å². The Balaban J connectivity index is 1.47. The Hall–Kier alpha value is -2.41. The molecule has 124 valence electrons. The summed E-state index contributed by atoms with van der Waals surface area (Å²) < 4.78 is 7.50. The van der Waals surface area contributed by atoms with E-state index < -0.39 is 0 Å². The topological polar surface area (TPSA) is 64.2 Å². The minimum Gasteiger partial charge on any atom is -0.462 e. The summed E-state index contributed by atoms with van der Waals surface area (Å²) in [5, 5.41) is 7.28. The predicted octanol–water partition coefficient (Wildman–Crippen LogP) is 3.30. The highest BCUT2D eigenvalue weighted by atomic mass is 32.1. The predicted molar refractivity (Wildman–Crippen MR) is 91.1 cm³/mol. The molecule has 0 saturated carbocycles. The number of carbonyl (C=O) groups is 1. The van der Waals surface area contributed by atoms with Crippen LogP contribution in [0.3, 0.4) is 0 Å². The van der Waals surface area contributed by atoms with Gasteiger partial charge < -0.3 is 9.32 Å². The monoisotopic (exact) mass is 342 g/mol. The number of thiazole rings is 1. The van der Waals surface area contributed by atoms with Crippen molar-refractivity contribution in [3.05, 3.63) is 46.2 Å². The van der Waals surface area contributed by atoms with Gasteiger partial charge in [-0.05, 0) is 31.9 Å². The van der Waals surface area contributed by atoms with Crippen molar-refractivity contribution in [1.82, 2.24) is 19.7 Å². The van der Waals surface area contributed by atoms with E-state index in [2.05, 4.69) is 10.1 Å². The molecule has 1 unspecified atom stereocenters. The normalized spacial score (nSPS) is 17.6. The van der Waals surface area contributed by atoms with Crippen LogP contribution in [0.5, 0.6) is 0 Å². The zero-order valence-corrected chi connectivity index (χ0v) is 14.4. The highest BCUT2D eigenvalue weighted by Crippen LogP contribution is 2.27. The number of hydrogen-bond donors (Lipinski definition) is 0. The summed E-state index contributed by atoms with van der Waals surface area (Å²) in [6.45, 7) is 5.38. The number of rotatable bonds is 3. The fourth-order valence-electron chi connectivity index (χ4n) is 3.02. The molecule has 7 heteroatoms. The van der Waals surface area contributed by atoms with E-state index >= 15 is 0 Å². The molecule has 1 atom stereocenters. The Morgan fingerprint density at radius 1 is 1.42 bits per heavy atom. The summed E-state index contributed by atoms with van der Waals surface area (Å²) in [7, 11) is 0. The van der Waals surface area contributed by atoms with Gasteiger partial charge in [0.05, 0.1) is 22.8 Å². The van der Waals surface area contributed by atoms with Gasteiger partial charge in [0.2, 0.25) is 0 Å². The molecule has 0 bridgehead atoms. The number of furan rings is 1. The fraction of sp³-hybridized carbons (Fsp3) is 0.353. The van der Waals surface area contributed by atoms with Crippen molar-refractivity contribution in [3.63, 3.8) is 0 Å². The van der Waals surface area contributed by atoms with Crippen LogP contribution in [0, 0.1) is 13.8 Å². The van der Waals surface area contributed by atoms with Crippen LogP contribution in [0.25, 0.3) is 11.5 Å². The zero-order chi connectivity index (χ0) is 16.7. The number of nitrogens with zero attached hydrogens (tertiary/aromatic N) is 4. The van der Waals surface area contributed by atoms with Crippen molar-refractivity contribution in [1.29, 1.82) is 0 Å². The molecule has 0 aromatic carbocycles. The Morgan fingerprint density at radius 3 is 3.00 bits per heavy atom. The number of aryl methyl sites for hydroxylation is 2. The third-order valence-electron chi connectivity index (χ3n) is 4.27. The molecular formula is C17H18N4O2S. The maximum atomic E-state index is 12.7. The minimum atomic E-state index is 0.00308. The van der Waals surface area contributed by atoms with E-state index in [0.717, 1.165) is 29.2 Å². The van der Waals surface area contributed by atoms with Gasteiger partial charge in [-0.25, -0.2) is 4.98 Å². The Labute approximate surface area is 143 Å². The Morgan fingerprint density at radius 2 is 2.29 bits per heavy atom. The third-order valence-corrected chi connectivity index (χ3v) is 5.05. The maximum Gasteiger partial charge on any atom is 0.257 e. The van der Waals surface area contributed by atoms with Gasteiger partial charge in [-0.15, -0.1) is 11.3 Å². The summed E-state index contributed by atoms with van der Waals surface area (Å²) in [5.41, 5.74) is 2.49. The highest BCUT2D eigenvalue weighted by molar-refractivity contribution is 7.09. The van der Waals surface area contributed by atoms with Crippen molar-refractivity contribution in [2.24, 2.45) is 0 Å². The molecule has 1 aliphatic heterocycles. The molecule has 6 nitrogen and oxygen atoms in total. The third kappa shape index (κ3) is 2.75. The van der Waals surface area contributed by atoms with Gasteiger partial charge in [-0.2, -0.15) is 5.10 Å². The van der Waals surface area contributed by atoms with E-state index in [0.29, 0.717) is 17.9 Å². The van der Waals surface area contributed by atoms with Crippen molar-refractivity contribution in [2.75, 3.05) is 13.1 Å². The van der Waals surface area contributed by atoms with E-state index in [1.165, 1.54) is 6.26 Å². The van der Waals surface area contributed by atoms with Crippen LogP contribution in [0.15, 0.2) is 34.5 Å². The lowest BCUT2D eigenvalue weighted by molar-refractivity contribution is 0.0786. The van der Waals surface area contributed by atoms with E-state index in [1.54, 1.807) is 17.4 Å². The van der Waals surface area contributed by atoms with Crippen molar-refractivity contribution in [2.45, 2.75) is 26.3 Å². The lowest BCUT2D eigenvalue weighted by atomic mass is 10.2. The van der Waals surface area contributed by atoms with Crippen LogP contribution < -0.4 is 0 Å². The van der Waals surface area contributed by atoms with E-state index in [9.17, 15) is 4.79 Å². The highest BCUT2D eigenvalue weighted by Gasteiger charge is 2.29. The number of hydrogen-bond acceptors (Lipinski definition) is 5. The van der Waals surface area contributed by atoms with Gasteiger partial charge in [0.1, 0.15) is 12.0 Å². The summed E-state index contributed by atoms with van der Waals surface area (Å²) >= 11 is 1.57. The van der Waals surface area contributed by atoms with E-state index in [1.807, 2.05) is 41.2 Å². The maximum absolute atomic E-state index is 12.7.